The van der Waals surface area contributed by atoms with Crippen LogP contribution in [0.25, 0.3) is 0 Å². The van der Waals surface area contributed by atoms with Crippen molar-refractivity contribution in [2.24, 2.45) is 0 Å². The molecule has 0 spiro atoms. The molecule has 2 saturated heterocycles. The Bertz CT molecular complexity index is 575. The molecular weight excluding hydrogens is 296 g/mol. The predicted molar refractivity (Wildman–Crippen MR) is 76.1 cm³/mol. The molecule has 1 atom stereocenters. The van der Waals surface area contributed by atoms with Crippen LogP contribution in [-0.2, 0) is 9.59 Å². The lowest BCUT2D eigenvalue weighted by Crippen LogP contribution is -2.47. The van der Waals surface area contributed by atoms with E-state index in [0.29, 0.717) is 18.8 Å². The van der Waals surface area contributed by atoms with Gasteiger partial charge in [-0.25, -0.2) is 0 Å². The number of anilines is 2. The van der Waals surface area contributed by atoms with E-state index < -0.39 is 6.04 Å². The molecule has 1 aromatic rings. The van der Waals surface area contributed by atoms with Crippen LogP contribution in [0.4, 0.5) is 11.9 Å². The number of amides is 2. The van der Waals surface area contributed by atoms with Gasteiger partial charge in [0.05, 0.1) is 0 Å². The number of halogens is 1. The second kappa shape index (κ2) is 5.80. The maximum Gasteiger partial charge on any atom is 0.249 e. The predicted octanol–water partition coefficient (Wildman–Crippen LogP) is 0.342. The highest BCUT2D eigenvalue weighted by atomic mass is 35.5. The van der Waals surface area contributed by atoms with E-state index in [0.717, 1.165) is 25.9 Å². The molecule has 2 amide bonds. The fourth-order valence-electron chi connectivity index (χ4n) is 2.45. The normalized spacial score (nSPS) is 22.3. The molecule has 3 heterocycles. The topological polar surface area (TPSA) is 100 Å². The maximum atomic E-state index is 11.7. The van der Waals surface area contributed by atoms with Crippen molar-refractivity contribution >= 4 is 35.3 Å². The van der Waals surface area contributed by atoms with Gasteiger partial charge in [0.2, 0.25) is 29.0 Å². The van der Waals surface area contributed by atoms with Gasteiger partial charge in [0.1, 0.15) is 6.04 Å². The van der Waals surface area contributed by atoms with Crippen molar-refractivity contribution in [3.63, 3.8) is 0 Å². The number of nitrogens with one attached hydrogen (secondary N) is 2. The van der Waals surface area contributed by atoms with E-state index in [-0.39, 0.29) is 23.0 Å². The highest BCUT2D eigenvalue weighted by Crippen LogP contribution is 2.19. The molecular formula is C12H15ClN6O2. The molecule has 1 unspecified atom stereocenters. The number of carbonyl (C=O) groups is 2. The third kappa shape index (κ3) is 3.21. The van der Waals surface area contributed by atoms with Crippen LogP contribution >= 0.6 is 11.6 Å². The molecule has 0 bridgehead atoms. The number of nitrogens with zero attached hydrogens (tertiary/aromatic N) is 4. The molecule has 0 aliphatic carbocycles. The Morgan fingerprint density at radius 2 is 1.95 bits per heavy atom. The highest BCUT2D eigenvalue weighted by molar-refractivity contribution is 6.28. The van der Waals surface area contributed by atoms with Gasteiger partial charge in [-0.1, -0.05) is 0 Å². The Morgan fingerprint density at radius 1 is 1.19 bits per heavy atom. The Labute approximate surface area is 126 Å². The van der Waals surface area contributed by atoms with Crippen molar-refractivity contribution in [3.8, 4) is 0 Å². The lowest BCUT2D eigenvalue weighted by molar-refractivity contribution is -0.133. The number of piperidine rings is 1. The monoisotopic (exact) mass is 310 g/mol. The largest absolute Gasteiger partial charge is 0.342 e. The zero-order chi connectivity index (χ0) is 14.8. The summed E-state index contributed by atoms with van der Waals surface area (Å²) in [4.78, 5) is 37.3. The Morgan fingerprint density at radius 3 is 2.67 bits per heavy atom. The number of carbonyl (C=O) groups excluding carboxylic acids is 2. The Balaban J connectivity index is 1.75. The summed E-state index contributed by atoms with van der Waals surface area (Å²) in [6.45, 7) is 1.77. The van der Waals surface area contributed by atoms with E-state index in [4.69, 9.17) is 11.6 Å². The van der Waals surface area contributed by atoms with Crippen LogP contribution in [0.1, 0.15) is 25.7 Å². The molecule has 2 aliphatic rings. The first-order valence-electron chi connectivity index (χ1n) is 6.88. The third-order valence-corrected chi connectivity index (χ3v) is 3.70. The second-order valence-corrected chi connectivity index (χ2v) is 5.41. The smallest absolute Gasteiger partial charge is 0.249 e. The average Bonchev–Trinajstić information content (AvgIpc) is 2.95. The molecule has 0 aromatic carbocycles. The van der Waals surface area contributed by atoms with Crippen molar-refractivity contribution in [3.05, 3.63) is 5.28 Å². The van der Waals surface area contributed by atoms with Crippen LogP contribution in [0.2, 0.25) is 5.28 Å². The summed E-state index contributed by atoms with van der Waals surface area (Å²) in [5, 5.41) is 5.28. The van der Waals surface area contributed by atoms with Gasteiger partial charge in [-0.15, -0.1) is 0 Å². The van der Waals surface area contributed by atoms with Crippen molar-refractivity contribution in [1.82, 2.24) is 20.3 Å². The van der Waals surface area contributed by atoms with Crippen molar-refractivity contribution in [2.75, 3.05) is 23.3 Å². The standard InChI is InChI=1S/C12H15ClN6O2/c13-10-16-11(14-7-3-4-8(20)15-9(7)21)18-12(17-10)19-5-1-2-6-19/h7H,1-6H2,(H,15,20,21)(H,14,16,17,18). The molecule has 2 fully saturated rings. The van der Waals surface area contributed by atoms with E-state index in [2.05, 4.69) is 25.6 Å². The first-order valence-corrected chi connectivity index (χ1v) is 7.26. The number of hydrogen-bond donors (Lipinski definition) is 2. The molecule has 112 valence electrons. The van der Waals surface area contributed by atoms with Gasteiger partial charge in [-0.05, 0) is 30.9 Å². The fraction of sp³-hybridized carbons (Fsp3) is 0.583. The Kier molecular flexibility index (Phi) is 3.87. The number of rotatable bonds is 3. The highest BCUT2D eigenvalue weighted by Gasteiger charge is 2.27. The number of imide groups is 1. The first-order chi connectivity index (χ1) is 10.1. The van der Waals surface area contributed by atoms with Crippen LogP contribution in [0.5, 0.6) is 0 Å². The van der Waals surface area contributed by atoms with E-state index in [1.165, 1.54) is 0 Å². The van der Waals surface area contributed by atoms with E-state index in [1.807, 2.05) is 4.90 Å². The summed E-state index contributed by atoms with van der Waals surface area (Å²) >= 11 is 5.92. The zero-order valence-electron chi connectivity index (χ0n) is 11.3. The lowest BCUT2D eigenvalue weighted by Gasteiger charge is -2.22. The maximum absolute atomic E-state index is 11.7. The summed E-state index contributed by atoms with van der Waals surface area (Å²) in [5.74, 6) is 0.142. The quantitative estimate of drug-likeness (QED) is 0.777. The van der Waals surface area contributed by atoms with E-state index in [1.54, 1.807) is 0 Å². The lowest BCUT2D eigenvalue weighted by atomic mass is 10.1. The van der Waals surface area contributed by atoms with Crippen LogP contribution in [-0.4, -0.2) is 45.9 Å². The summed E-state index contributed by atoms with van der Waals surface area (Å²) in [6.07, 6.45) is 2.90. The number of aromatic nitrogens is 3. The molecule has 1 aromatic heterocycles. The van der Waals surface area contributed by atoms with Gasteiger partial charge in [0, 0.05) is 19.5 Å². The second-order valence-electron chi connectivity index (χ2n) is 5.07. The van der Waals surface area contributed by atoms with E-state index in [9.17, 15) is 9.59 Å². The summed E-state index contributed by atoms with van der Waals surface area (Å²) in [7, 11) is 0. The molecule has 0 radical (unpaired) electrons. The van der Waals surface area contributed by atoms with Crippen LogP contribution in [0, 0.1) is 0 Å². The van der Waals surface area contributed by atoms with Gasteiger partial charge < -0.3 is 10.2 Å². The third-order valence-electron chi connectivity index (χ3n) is 3.53. The molecule has 8 nitrogen and oxygen atoms in total. The fourth-order valence-corrected chi connectivity index (χ4v) is 2.61. The minimum Gasteiger partial charge on any atom is -0.342 e. The van der Waals surface area contributed by atoms with Gasteiger partial charge in [-0.2, -0.15) is 15.0 Å². The summed E-state index contributed by atoms with van der Waals surface area (Å²) < 4.78 is 0. The molecule has 9 heteroatoms. The summed E-state index contributed by atoms with van der Waals surface area (Å²) in [6, 6.07) is -0.535. The Hall–Kier alpha value is -1.96. The number of hydrogen-bond acceptors (Lipinski definition) is 7. The van der Waals surface area contributed by atoms with Crippen LogP contribution in [0.15, 0.2) is 0 Å². The van der Waals surface area contributed by atoms with Gasteiger partial charge in [-0.3, -0.25) is 14.9 Å². The van der Waals surface area contributed by atoms with E-state index >= 15 is 0 Å². The van der Waals surface area contributed by atoms with Crippen molar-refractivity contribution < 1.29 is 9.59 Å². The molecule has 21 heavy (non-hydrogen) atoms. The minimum atomic E-state index is -0.535. The van der Waals surface area contributed by atoms with Crippen molar-refractivity contribution in [2.45, 2.75) is 31.7 Å². The molecule has 3 rings (SSSR count). The zero-order valence-corrected chi connectivity index (χ0v) is 12.1. The van der Waals surface area contributed by atoms with Gasteiger partial charge in [0.15, 0.2) is 0 Å². The first kappa shape index (κ1) is 14.0. The SMILES string of the molecule is O=C1CCC(Nc2nc(Cl)nc(N3CCCC3)n2)C(=O)N1. The minimum absolute atomic E-state index is 0.0849. The van der Waals surface area contributed by atoms with Crippen molar-refractivity contribution in [1.29, 1.82) is 0 Å². The average molecular weight is 311 g/mol. The van der Waals surface area contributed by atoms with Crippen LogP contribution in [0.3, 0.4) is 0 Å². The molecule has 2 N–H and O–H groups in total. The molecule has 2 aliphatic heterocycles. The van der Waals surface area contributed by atoms with Crippen LogP contribution < -0.4 is 15.5 Å². The molecule has 0 saturated carbocycles. The van der Waals surface area contributed by atoms with Gasteiger partial charge >= 0.3 is 0 Å². The summed E-state index contributed by atoms with van der Waals surface area (Å²) in [5.41, 5.74) is 0. The van der Waals surface area contributed by atoms with Gasteiger partial charge in [0.25, 0.3) is 0 Å².